The minimum absolute atomic E-state index is 0.0938. The zero-order valence-electron chi connectivity index (χ0n) is 5.25. The fraction of sp³-hybridized carbons (Fsp3) is 1.00. The predicted octanol–water partition coefficient (Wildman–Crippen LogP) is -0.151. The van der Waals surface area contributed by atoms with Gasteiger partial charge in [0.15, 0.2) is 6.29 Å². The maximum absolute atomic E-state index is 5.67. The van der Waals surface area contributed by atoms with E-state index in [9.17, 15) is 0 Å². The van der Waals surface area contributed by atoms with E-state index in [1.54, 1.807) is 0 Å². The van der Waals surface area contributed by atoms with Crippen molar-refractivity contribution in [2.45, 2.75) is 31.3 Å². The molecule has 0 spiro atoms. The summed E-state index contributed by atoms with van der Waals surface area (Å²) in [7, 11) is 0. The highest BCUT2D eigenvalue weighted by Crippen LogP contribution is 2.25. The number of nitrogens with two attached hydrogens (primary N) is 1. The largest absolute Gasteiger partial charge is 0.348 e. The van der Waals surface area contributed by atoms with Crippen molar-refractivity contribution in [1.82, 2.24) is 0 Å². The Morgan fingerprint density at radius 1 is 1.33 bits per heavy atom. The van der Waals surface area contributed by atoms with Crippen molar-refractivity contribution in [3.8, 4) is 0 Å². The molecule has 0 saturated carbocycles. The average Bonchev–Trinajstić information content (AvgIpc) is 2.25. The molecule has 0 aromatic rings. The van der Waals surface area contributed by atoms with Gasteiger partial charge in [0.05, 0.1) is 18.8 Å². The van der Waals surface area contributed by atoms with Crippen LogP contribution in [0.2, 0.25) is 0 Å². The number of ether oxygens (including phenoxy) is 2. The fourth-order valence-electron chi connectivity index (χ4n) is 1.36. The van der Waals surface area contributed by atoms with Crippen molar-refractivity contribution in [1.29, 1.82) is 0 Å². The molecule has 0 amide bonds. The summed E-state index contributed by atoms with van der Waals surface area (Å²) in [6.07, 6.45) is 2.37. The van der Waals surface area contributed by atoms with Crippen molar-refractivity contribution in [2.24, 2.45) is 5.73 Å². The van der Waals surface area contributed by atoms with Crippen LogP contribution in [0.15, 0.2) is 0 Å². The molecule has 2 bridgehead atoms. The molecule has 0 aromatic carbocycles. The number of hydrogen-bond donors (Lipinski definition) is 1. The smallest absolute Gasteiger partial charge is 0.173 e. The number of fused-ring (bicyclic) bond motifs is 2. The highest BCUT2D eigenvalue weighted by Gasteiger charge is 2.35. The van der Waals surface area contributed by atoms with Gasteiger partial charge in [0.2, 0.25) is 0 Å². The summed E-state index contributed by atoms with van der Waals surface area (Å²) in [6, 6.07) is 0.115. The molecule has 0 radical (unpaired) electrons. The lowest BCUT2D eigenvalue weighted by Gasteiger charge is -2.23. The van der Waals surface area contributed by atoms with E-state index in [-0.39, 0.29) is 12.3 Å². The maximum atomic E-state index is 5.67. The quantitative estimate of drug-likeness (QED) is 0.494. The average molecular weight is 129 g/mol. The summed E-state index contributed by atoms with van der Waals surface area (Å²) >= 11 is 0. The highest BCUT2D eigenvalue weighted by atomic mass is 16.7. The SMILES string of the molecule is N[C@H]1CC[C@H]2CO[C@@H]1O2. The molecule has 3 atom stereocenters. The highest BCUT2D eigenvalue weighted by molar-refractivity contribution is 4.80. The standard InChI is InChI=1S/C6H11NO2/c7-5-2-1-4-3-8-6(5)9-4/h4-6H,1-3,7H2/t4-,5-,6+/m0/s1. The van der Waals surface area contributed by atoms with Crippen molar-refractivity contribution in [3.63, 3.8) is 0 Å². The van der Waals surface area contributed by atoms with Gasteiger partial charge in [-0.1, -0.05) is 0 Å². The molecule has 3 nitrogen and oxygen atoms in total. The lowest BCUT2D eigenvalue weighted by Crippen LogP contribution is -2.39. The van der Waals surface area contributed by atoms with Crippen LogP contribution in [0.3, 0.4) is 0 Å². The minimum atomic E-state index is -0.0938. The molecule has 52 valence electrons. The first-order valence-corrected chi connectivity index (χ1v) is 3.39. The predicted molar refractivity (Wildman–Crippen MR) is 31.8 cm³/mol. The van der Waals surface area contributed by atoms with Crippen LogP contribution in [-0.2, 0) is 9.47 Å². The monoisotopic (exact) mass is 129 g/mol. The van der Waals surface area contributed by atoms with Gasteiger partial charge in [-0.2, -0.15) is 0 Å². The molecule has 2 heterocycles. The Kier molecular flexibility index (Phi) is 1.22. The summed E-state index contributed by atoms with van der Waals surface area (Å²) in [5, 5.41) is 0. The molecular formula is C6H11NO2. The second kappa shape index (κ2) is 1.94. The molecular weight excluding hydrogens is 118 g/mol. The van der Waals surface area contributed by atoms with Crippen molar-refractivity contribution in [3.05, 3.63) is 0 Å². The summed E-state index contributed by atoms with van der Waals surface area (Å²) in [4.78, 5) is 0. The van der Waals surface area contributed by atoms with Crippen molar-refractivity contribution < 1.29 is 9.47 Å². The van der Waals surface area contributed by atoms with Gasteiger partial charge in [-0.05, 0) is 12.8 Å². The summed E-state index contributed by atoms with van der Waals surface area (Å²) in [5.41, 5.74) is 5.67. The molecule has 9 heavy (non-hydrogen) atoms. The lowest BCUT2D eigenvalue weighted by atomic mass is 10.1. The normalized spacial score (nSPS) is 49.7. The zero-order chi connectivity index (χ0) is 6.27. The van der Waals surface area contributed by atoms with E-state index in [0.717, 1.165) is 19.4 Å². The van der Waals surface area contributed by atoms with Gasteiger partial charge in [-0.3, -0.25) is 0 Å². The van der Waals surface area contributed by atoms with E-state index >= 15 is 0 Å². The Hall–Kier alpha value is -0.120. The van der Waals surface area contributed by atoms with Crippen molar-refractivity contribution >= 4 is 0 Å². The van der Waals surface area contributed by atoms with Crippen LogP contribution in [0.4, 0.5) is 0 Å². The van der Waals surface area contributed by atoms with Crippen LogP contribution in [0.25, 0.3) is 0 Å². The van der Waals surface area contributed by atoms with Crippen LogP contribution < -0.4 is 5.73 Å². The van der Waals surface area contributed by atoms with Crippen molar-refractivity contribution in [2.75, 3.05) is 6.61 Å². The summed E-state index contributed by atoms with van der Waals surface area (Å²) in [5.74, 6) is 0. The van der Waals surface area contributed by atoms with Gasteiger partial charge < -0.3 is 15.2 Å². The minimum Gasteiger partial charge on any atom is -0.348 e. The summed E-state index contributed by atoms with van der Waals surface area (Å²) < 4.78 is 10.6. The van der Waals surface area contributed by atoms with Gasteiger partial charge in [-0.25, -0.2) is 0 Å². The van der Waals surface area contributed by atoms with Gasteiger partial charge in [0.1, 0.15) is 0 Å². The molecule has 2 saturated heterocycles. The fourth-order valence-corrected chi connectivity index (χ4v) is 1.36. The Balaban J connectivity index is 2.05. The van der Waals surface area contributed by atoms with E-state index in [1.807, 2.05) is 0 Å². The second-order valence-corrected chi connectivity index (χ2v) is 2.70. The van der Waals surface area contributed by atoms with Crippen LogP contribution in [0, 0.1) is 0 Å². The summed E-state index contributed by atoms with van der Waals surface area (Å²) in [6.45, 7) is 0.748. The molecule has 2 rings (SSSR count). The first kappa shape index (κ1) is 5.65. The van der Waals surface area contributed by atoms with Gasteiger partial charge in [0, 0.05) is 0 Å². The molecule has 2 aliphatic rings. The Morgan fingerprint density at radius 3 is 3.00 bits per heavy atom. The number of hydrogen-bond acceptors (Lipinski definition) is 3. The molecule has 2 N–H and O–H groups in total. The molecule has 2 aliphatic heterocycles. The van der Waals surface area contributed by atoms with Crippen LogP contribution in [0.1, 0.15) is 12.8 Å². The molecule has 0 aliphatic carbocycles. The van der Waals surface area contributed by atoms with Gasteiger partial charge >= 0.3 is 0 Å². The Morgan fingerprint density at radius 2 is 2.22 bits per heavy atom. The first-order valence-electron chi connectivity index (χ1n) is 3.39. The van der Waals surface area contributed by atoms with Gasteiger partial charge in [-0.15, -0.1) is 0 Å². The van der Waals surface area contributed by atoms with E-state index in [2.05, 4.69) is 0 Å². The second-order valence-electron chi connectivity index (χ2n) is 2.70. The van der Waals surface area contributed by atoms with Crippen LogP contribution in [-0.4, -0.2) is 25.0 Å². The van der Waals surface area contributed by atoms with Gasteiger partial charge in [0.25, 0.3) is 0 Å². The molecule has 2 fully saturated rings. The van der Waals surface area contributed by atoms with E-state index < -0.39 is 0 Å². The third-order valence-corrected chi connectivity index (χ3v) is 1.94. The maximum Gasteiger partial charge on any atom is 0.173 e. The van der Waals surface area contributed by atoms with Crippen LogP contribution in [0.5, 0.6) is 0 Å². The molecule has 3 heteroatoms. The number of rotatable bonds is 0. The third-order valence-electron chi connectivity index (χ3n) is 1.94. The Labute approximate surface area is 54.1 Å². The Bertz CT molecular complexity index is 118. The van der Waals surface area contributed by atoms with E-state index in [0.29, 0.717) is 6.10 Å². The third kappa shape index (κ3) is 0.852. The van der Waals surface area contributed by atoms with E-state index in [1.165, 1.54) is 0 Å². The molecule has 0 aromatic heterocycles. The van der Waals surface area contributed by atoms with E-state index in [4.69, 9.17) is 15.2 Å². The first-order chi connectivity index (χ1) is 4.36. The van der Waals surface area contributed by atoms with Crippen LogP contribution >= 0.6 is 0 Å². The lowest BCUT2D eigenvalue weighted by molar-refractivity contribution is -0.0942. The topological polar surface area (TPSA) is 44.5 Å². The zero-order valence-corrected chi connectivity index (χ0v) is 5.25. The molecule has 0 unspecified atom stereocenters.